The zero-order valence-corrected chi connectivity index (χ0v) is 19.4. The highest BCUT2D eigenvalue weighted by Gasteiger charge is 2.33. The Kier molecular flexibility index (Phi) is 7.55. The second kappa shape index (κ2) is 9.99. The Morgan fingerprint density at radius 2 is 1.69 bits per heavy atom. The number of amides is 1. The molecule has 0 aromatic heterocycles. The number of primary sulfonamides is 1. The van der Waals surface area contributed by atoms with Gasteiger partial charge in [0.1, 0.15) is 5.75 Å². The van der Waals surface area contributed by atoms with E-state index in [0.717, 1.165) is 0 Å². The SMILES string of the molecule is CCOc1ccc(S(=O)(=O)N2CCC[C@H](C(=O)NCc3ccc(S(N)(=O)=O)cc3)C2)cc1. The number of nitrogens with two attached hydrogens (primary N) is 1. The third kappa shape index (κ3) is 5.85. The Labute approximate surface area is 188 Å². The molecule has 0 radical (unpaired) electrons. The fourth-order valence-corrected chi connectivity index (χ4v) is 5.57. The maximum Gasteiger partial charge on any atom is 0.243 e. The highest BCUT2D eigenvalue weighted by atomic mass is 32.2. The van der Waals surface area contributed by atoms with Gasteiger partial charge in [0.15, 0.2) is 0 Å². The molecule has 0 saturated carbocycles. The third-order valence-electron chi connectivity index (χ3n) is 5.25. The topological polar surface area (TPSA) is 136 Å². The smallest absolute Gasteiger partial charge is 0.243 e. The lowest BCUT2D eigenvalue weighted by atomic mass is 9.99. The molecule has 32 heavy (non-hydrogen) atoms. The number of carbonyl (C=O) groups excluding carboxylic acids is 1. The summed E-state index contributed by atoms with van der Waals surface area (Å²) in [5.74, 6) is -0.114. The Hall–Kier alpha value is -2.47. The molecule has 1 aliphatic rings. The van der Waals surface area contributed by atoms with Gasteiger partial charge in [-0.3, -0.25) is 4.79 Å². The number of hydrogen-bond donors (Lipinski definition) is 2. The average molecular weight is 482 g/mol. The first-order valence-corrected chi connectivity index (χ1v) is 13.2. The van der Waals surface area contributed by atoms with Gasteiger partial charge in [-0.05, 0) is 61.7 Å². The molecule has 9 nitrogen and oxygen atoms in total. The van der Waals surface area contributed by atoms with Gasteiger partial charge < -0.3 is 10.1 Å². The van der Waals surface area contributed by atoms with Gasteiger partial charge in [-0.1, -0.05) is 12.1 Å². The van der Waals surface area contributed by atoms with E-state index < -0.39 is 26.0 Å². The molecule has 1 saturated heterocycles. The Morgan fingerprint density at radius 1 is 1.06 bits per heavy atom. The van der Waals surface area contributed by atoms with Gasteiger partial charge in [-0.2, -0.15) is 4.31 Å². The number of rotatable bonds is 8. The lowest BCUT2D eigenvalue weighted by Crippen LogP contribution is -2.45. The first-order chi connectivity index (χ1) is 15.1. The standard InChI is InChI=1S/C21H27N3O6S2/c1-2-30-18-7-11-20(12-8-18)32(28,29)24-13-3-4-17(15-24)21(25)23-14-16-5-9-19(10-6-16)31(22,26)27/h5-12,17H,2-4,13-15H2,1H3,(H,23,25)(H2,22,26,27)/t17-/m0/s1. The van der Waals surface area contributed by atoms with Crippen molar-refractivity contribution in [2.75, 3.05) is 19.7 Å². The monoisotopic (exact) mass is 481 g/mol. The van der Waals surface area contributed by atoms with Crippen molar-refractivity contribution in [3.8, 4) is 5.75 Å². The summed E-state index contributed by atoms with van der Waals surface area (Å²) in [6.45, 7) is 3.00. The molecule has 3 N–H and O–H groups in total. The molecular formula is C21H27N3O6S2. The number of nitrogens with one attached hydrogen (secondary N) is 1. The molecule has 0 spiro atoms. The van der Waals surface area contributed by atoms with Gasteiger partial charge in [-0.25, -0.2) is 22.0 Å². The normalized spacial score (nSPS) is 17.6. The van der Waals surface area contributed by atoms with Crippen molar-refractivity contribution in [3.63, 3.8) is 0 Å². The molecule has 1 atom stereocenters. The molecule has 1 fully saturated rings. The number of carbonyl (C=O) groups is 1. The second-order valence-electron chi connectivity index (χ2n) is 7.51. The maximum absolute atomic E-state index is 13.0. The highest BCUT2D eigenvalue weighted by Crippen LogP contribution is 2.25. The van der Waals surface area contributed by atoms with Gasteiger partial charge >= 0.3 is 0 Å². The molecule has 0 aliphatic carbocycles. The van der Waals surface area contributed by atoms with Crippen molar-refractivity contribution in [2.24, 2.45) is 11.1 Å². The minimum atomic E-state index is -3.77. The van der Waals surface area contributed by atoms with Crippen LogP contribution in [-0.4, -0.2) is 46.7 Å². The molecule has 174 valence electrons. The highest BCUT2D eigenvalue weighted by molar-refractivity contribution is 7.89. The van der Waals surface area contributed by atoms with Crippen LogP contribution < -0.4 is 15.2 Å². The van der Waals surface area contributed by atoms with E-state index in [1.54, 1.807) is 24.3 Å². The lowest BCUT2D eigenvalue weighted by molar-refractivity contribution is -0.126. The van der Waals surface area contributed by atoms with Crippen molar-refractivity contribution < 1.29 is 26.4 Å². The van der Waals surface area contributed by atoms with Gasteiger partial charge in [-0.15, -0.1) is 0 Å². The Balaban J connectivity index is 1.61. The van der Waals surface area contributed by atoms with E-state index >= 15 is 0 Å². The molecule has 1 heterocycles. The Bertz CT molecular complexity index is 1150. The zero-order chi connectivity index (χ0) is 23.4. The summed E-state index contributed by atoms with van der Waals surface area (Å²) in [6.07, 6.45) is 1.17. The number of ether oxygens (including phenoxy) is 1. The number of nitrogens with zero attached hydrogens (tertiary/aromatic N) is 1. The fraction of sp³-hybridized carbons (Fsp3) is 0.381. The first kappa shape index (κ1) is 24.2. The molecular weight excluding hydrogens is 454 g/mol. The van der Waals surface area contributed by atoms with Crippen LogP contribution in [0.5, 0.6) is 5.75 Å². The van der Waals surface area contributed by atoms with E-state index in [1.165, 1.54) is 28.6 Å². The van der Waals surface area contributed by atoms with Crippen LogP contribution in [0.25, 0.3) is 0 Å². The molecule has 0 unspecified atom stereocenters. The fourth-order valence-electron chi connectivity index (χ4n) is 3.53. The summed E-state index contributed by atoms with van der Waals surface area (Å²) in [6, 6.07) is 12.2. The number of benzene rings is 2. The summed E-state index contributed by atoms with van der Waals surface area (Å²) in [5, 5.41) is 7.88. The van der Waals surface area contributed by atoms with Gasteiger partial charge in [0, 0.05) is 19.6 Å². The number of piperidine rings is 1. The van der Waals surface area contributed by atoms with Crippen molar-refractivity contribution in [3.05, 3.63) is 54.1 Å². The number of sulfonamides is 2. The molecule has 2 aromatic rings. The van der Waals surface area contributed by atoms with Crippen molar-refractivity contribution in [1.29, 1.82) is 0 Å². The maximum atomic E-state index is 13.0. The van der Waals surface area contributed by atoms with Gasteiger partial charge in [0.2, 0.25) is 26.0 Å². The quantitative estimate of drug-likeness (QED) is 0.586. The van der Waals surface area contributed by atoms with Crippen LogP contribution in [-0.2, 0) is 31.4 Å². The predicted octanol–water partition coefficient (Wildman–Crippen LogP) is 1.45. The molecule has 0 bridgehead atoms. The van der Waals surface area contributed by atoms with E-state index in [9.17, 15) is 21.6 Å². The van der Waals surface area contributed by atoms with E-state index in [0.29, 0.717) is 37.3 Å². The van der Waals surface area contributed by atoms with Crippen LogP contribution in [0.3, 0.4) is 0 Å². The van der Waals surface area contributed by atoms with Crippen LogP contribution >= 0.6 is 0 Å². The second-order valence-corrected chi connectivity index (χ2v) is 11.0. The van der Waals surface area contributed by atoms with Crippen LogP contribution in [0, 0.1) is 5.92 Å². The average Bonchev–Trinajstić information content (AvgIpc) is 2.78. The predicted molar refractivity (Wildman–Crippen MR) is 119 cm³/mol. The molecule has 3 rings (SSSR count). The summed E-state index contributed by atoms with van der Waals surface area (Å²) in [7, 11) is -7.49. The van der Waals surface area contributed by atoms with E-state index in [4.69, 9.17) is 9.88 Å². The van der Waals surface area contributed by atoms with Gasteiger partial charge in [0.05, 0.1) is 22.3 Å². The lowest BCUT2D eigenvalue weighted by Gasteiger charge is -2.31. The van der Waals surface area contributed by atoms with Crippen molar-refractivity contribution >= 4 is 26.0 Å². The molecule has 11 heteroatoms. The van der Waals surface area contributed by atoms with Crippen LogP contribution in [0.15, 0.2) is 58.3 Å². The largest absolute Gasteiger partial charge is 0.494 e. The minimum Gasteiger partial charge on any atom is -0.494 e. The zero-order valence-electron chi connectivity index (χ0n) is 17.7. The van der Waals surface area contributed by atoms with Crippen molar-refractivity contribution in [2.45, 2.75) is 36.1 Å². The van der Waals surface area contributed by atoms with Crippen LogP contribution in [0.4, 0.5) is 0 Å². The first-order valence-electron chi connectivity index (χ1n) is 10.2. The van der Waals surface area contributed by atoms with Crippen LogP contribution in [0.2, 0.25) is 0 Å². The van der Waals surface area contributed by atoms with E-state index in [-0.39, 0.29) is 28.8 Å². The van der Waals surface area contributed by atoms with Crippen molar-refractivity contribution in [1.82, 2.24) is 9.62 Å². The molecule has 1 amide bonds. The van der Waals surface area contributed by atoms with Crippen LogP contribution in [0.1, 0.15) is 25.3 Å². The molecule has 2 aromatic carbocycles. The summed E-state index contributed by atoms with van der Waals surface area (Å²) in [5.41, 5.74) is 0.709. The number of hydrogen-bond acceptors (Lipinski definition) is 6. The Morgan fingerprint density at radius 3 is 2.28 bits per heavy atom. The van der Waals surface area contributed by atoms with E-state index in [2.05, 4.69) is 5.32 Å². The summed E-state index contributed by atoms with van der Waals surface area (Å²) in [4.78, 5) is 12.8. The minimum absolute atomic E-state index is 0.00463. The summed E-state index contributed by atoms with van der Waals surface area (Å²) >= 11 is 0. The van der Waals surface area contributed by atoms with Gasteiger partial charge in [0.25, 0.3) is 0 Å². The molecule has 1 aliphatic heterocycles. The third-order valence-corrected chi connectivity index (χ3v) is 8.05. The summed E-state index contributed by atoms with van der Waals surface area (Å²) < 4.78 is 55.4. The van der Waals surface area contributed by atoms with E-state index in [1.807, 2.05) is 6.92 Å².